The lowest BCUT2D eigenvalue weighted by atomic mass is 10.3. The lowest BCUT2D eigenvalue weighted by Crippen LogP contribution is -2.19. The molecule has 7 heteroatoms. The Morgan fingerprint density at radius 2 is 1.86 bits per heavy atom. The normalized spacial score (nSPS) is 11.5. The van der Waals surface area contributed by atoms with Crippen LogP contribution in [0.4, 0.5) is 23.2 Å². The zero-order valence-electron chi connectivity index (χ0n) is 6.60. The molecule has 0 saturated carbocycles. The first kappa shape index (κ1) is 11.0. The maximum absolute atomic E-state index is 12.8. The maximum atomic E-state index is 12.8. The van der Waals surface area contributed by atoms with Crippen molar-refractivity contribution in [1.82, 2.24) is 0 Å². The molecule has 0 heterocycles. The molecule has 1 aromatic rings. The van der Waals surface area contributed by atoms with Gasteiger partial charge in [-0.05, 0) is 12.1 Å². The van der Waals surface area contributed by atoms with Crippen LogP contribution >= 0.6 is 12.6 Å². The van der Waals surface area contributed by atoms with Crippen LogP contribution in [0.1, 0.15) is 0 Å². The SMILES string of the molecule is Nc1c(S)ccc(F)c1OC(F)(F)F. The molecule has 0 aromatic heterocycles. The van der Waals surface area contributed by atoms with Gasteiger partial charge in [-0.2, -0.15) is 0 Å². The van der Waals surface area contributed by atoms with Crippen molar-refractivity contribution in [2.45, 2.75) is 11.3 Å². The van der Waals surface area contributed by atoms with Crippen LogP contribution in [-0.4, -0.2) is 6.36 Å². The number of anilines is 1. The van der Waals surface area contributed by atoms with Crippen LogP contribution in [0, 0.1) is 5.82 Å². The predicted octanol–water partition coefficient (Wildman–Crippen LogP) is 2.60. The van der Waals surface area contributed by atoms with Crippen molar-refractivity contribution in [3.8, 4) is 5.75 Å². The van der Waals surface area contributed by atoms with Crippen LogP contribution in [0.2, 0.25) is 0 Å². The van der Waals surface area contributed by atoms with Gasteiger partial charge in [0.05, 0.1) is 5.69 Å². The fraction of sp³-hybridized carbons (Fsp3) is 0.143. The molecular formula is C7H5F4NOS. The van der Waals surface area contributed by atoms with Crippen molar-refractivity contribution >= 4 is 18.3 Å². The highest BCUT2D eigenvalue weighted by atomic mass is 32.1. The van der Waals surface area contributed by atoms with Crippen molar-refractivity contribution in [2.24, 2.45) is 0 Å². The molecule has 0 aliphatic heterocycles. The van der Waals surface area contributed by atoms with Gasteiger partial charge < -0.3 is 10.5 Å². The van der Waals surface area contributed by atoms with Crippen LogP contribution in [0.25, 0.3) is 0 Å². The Bertz CT molecular complexity index is 352. The van der Waals surface area contributed by atoms with E-state index in [1.807, 2.05) is 0 Å². The number of hydrogen-bond acceptors (Lipinski definition) is 3. The van der Waals surface area contributed by atoms with Crippen molar-refractivity contribution in [2.75, 3.05) is 5.73 Å². The van der Waals surface area contributed by atoms with Crippen LogP contribution in [0.5, 0.6) is 5.75 Å². The minimum Gasteiger partial charge on any atom is -0.400 e. The Morgan fingerprint density at radius 3 is 2.36 bits per heavy atom. The Kier molecular flexibility index (Phi) is 2.79. The number of alkyl halides is 3. The summed E-state index contributed by atoms with van der Waals surface area (Å²) in [5.41, 5.74) is 4.67. The largest absolute Gasteiger partial charge is 0.573 e. The fourth-order valence-corrected chi connectivity index (χ4v) is 0.958. The third-order valence-corrected chi connectivity index (χ3v) is 1.73. The Labute approximate surface area is 82.1 Å². The molecule has 0 spiro atoms. The van der Waals surface area contributed by atoms with Gasteiger partial charge in [-0.1, -0.05) is 0 Å². The van der Waals surface area contributed by atoms with Gasteiger partial charge in [0.25, 0.3) is 0 Å². The summed E-state index contributed by atoms with van der Waals surface area (Å²) >= 11 is 3.73. The molecule has 14 heavy (non-hydrogen) atoms. The molecule has 2 nitrogen and oxygen atoms in total. The molecule has 0 saturated heterocycles. The summed E-state index contributed by atoms with van der Waals surface area (Å²) in [6.07, 6.45) is -4.98. The van der Waals surface area contributed by atoms with Gasteiger partial charge >= 0.3 is 6.36 Å². The second kappa shape index (κ2) is 3.56. The van der Waals surface area contributed by atoms with Crippen LogP contribution in [-0.2, 0) is 0 Å². The maximum Gasteiger partial charge on any atom is 0.573 e. The Balaban J connectivity index is 3.13. The molecule has 0 fully saturated rings. The highest BCUT2D eigenvalue weighted by Gasteiger charge is 2.33. The lowest BCUT2D eigenvalue weighted by molar-refractivity contribution is -0.275. The fourth-order valence-electron chi connectivity index (χ4n) is 0.782. The zero-order valence-corrected chi connectivity index (χ0v) is 7.49. The number of ether oxygens (including phenoxy) is 1. The average Bonchev–Trinajstić information content (AvgIpc) is 2.04. The summed E-state index contributed by atoms with van der Waals surface area (Å²) < 4.78 is 51.5. The minimum absolute atomic E-state index is 0.0191. The number of hydrogen-bond donors (Lipinski definition) is 2. The lowest BCUT2D eigenvalue weighted by Gasteiger charge is -2.12. The summed E-state index contributed by atoms with van der Waals surface area (Å²) in [4.78, 5) is 0.0191. The summed E-state index contributed by atoms with van der Waals surface area (Å²) in [6, 6.07) is 1.93. The molecular weight excluding hydrogens is 222 g/mol. The summed E-state index contributed by atoms with van der Waals surface area (Å²) in [5, 5.41) is 0. The highest BCUT2D eigenvalue weighted by Crippen LogP contribution is 2.34. The van der Waals surface area contributed by atoms with Crippen molar-refractivity contribution < 1.29 is 22.3 Å². The van der Waals surface area contributed by atoms with E-state index >= 15 is 0 Å². The first-order valence-corrected chi connectivity index (χ1v) is 3.78. The third kappa shape index (κ3) is 2.44. The van der Waals surface area contributed by atoms with Crippen molar-refractivity contribution in [3.05, 3.63) is 17.9 Å². The Hall–Kier alpha value is -1.11. The summed E-state index contributed by atoms with van der Waals surface area (Å²) in [5.74, 6) is -2.23. The minimum atomic E-state index is -4.98. The molecule has 0 aliphatic rings. The second-order valence-corrected chi connectivity index (χ2v) is 2.84. The van der Waals surface area contributed by atoms with E-state index in [1.54, 1.807) is 0 Å². The van der Waals surface area contributed by atoms with Gasteiger partial charge in [0.2, 0.25) is 0 Å². The van der Waals surface area contributed by atoms with Gasteiger partial charge in [-0.3, -0.25) is 0 Å². The quantitative estimate of drug-likeness (QED) is 0.439. The third-order valence-electron chi connectivity index (χ3n) is 1.34. The monoisotopic (exact) mass is 227 g/mol. The number of halogens is 4. The molecule has 78 valence electrons. The average molecular weight is 227 g/mol. The van der Waals surface area contributed by atoms with E-state index in [-0.39, 0.29) is 4.90 Å². The molecule has 0 radical (unpaired) electrons. The van der Waals surface area contributed by atoms with E-state index in [2.05, 4.69) is 17.4 Å². The van der Waals surface area contributed by atoms with Crippen LogP contribution in [0.3, 0.4) is 0 Å². The van der Waals surface area contributed by atoms with Gasteiger partial charge in [-0.25, -0.2) is 4.39 Å². The first-order chi connectivity index (χ1) is 6.31. The predicted molar refractivity (Wildman–Crippen MR) is 44.7 cm³/mol. The molecule has 0 atom stereocenters. The van der Waals surface area contributed by atoms with E-state index in [0.29, 0.717) is 0 Å². The number of thiol groups is 1. The number of nitrogens with two attached hydrogens (primary N) is 1. The number of nitrogen functional groups attached to an aromatic ring is 1. The zero-order chi connectivity index (χ0) is 10.9. The molecule has 0 aliphatic carbocycles. The van der Waals surface area contributed by atoms with E-state index in [1.165, 1.54) is 0 Å². The van der Waals surface area contributed by atoms with E-state index < -0.39 is 23.6 Å². The van der Waals surface area contributed by atoms with E-state index in [0.717, 1.165) is 12.1 Å². The number of benzene rings is 1. The van der Waals surface area contributed by atoms with E-state index in [4.69, 9.17) is 5.73 Å². The molecule has 1 rings (SSSR count). The van der Waals surface area contributed by atoms with Crippen LogP contribution in [0.15, 0.2) is 17.0 Å². The Morgan fingerprint density at radius 1 is 1.29 bits per heavy atom. The first-order valence-electron chi connectivity index (χ1n) is 3.34. The summed E-state index contributed by atoms with van der Waals surface area (Å²) in [6.45, 7) is 0. The topological polar surface area (TPSA) is 35.2 Å². The number of rotatable bonds is 1. The van der Waals surface area contributed by atoms with Crippen LogP contribution < -0.4 is 10.5 Å². The van der Waals surface area contributed by atoms with Gasteiger partial charge in [0.1, 0.15) is 0 Å². The van der Waals surface area contributed by atoms with Gasteiger partial charge in [0, 0.05) is 4.90 Å². The second-order valence-electron chi connectivity index (χ2n) is 2.36. The smallest absolute Gasteiger partial charge is 0.400 e. The van der Waals surface area contributed by atoms with Gasteiger partial charge in [-0.15, -0.1) is 25.8 Å². The molecule has 0 bridgehead atoms. The van der Waals surface area contributed by atoms with Crippen molar-refractivity contribution in [1.29, 1.82) is 0 Å². The molecule has 0 amide bonds. The summed E-state index contributed by atoms with van der Waals surface area (Å²) in [7, 11) is 0. The molecule has 1 aromatic carbocycles. The van der Waals surface area contributed by atoms with E-state index in [9.17, 15) is 17.6 Å². The van der Waals surface area contributed by atoms with Crippen molar-refractivity contribution in [3.63, 3.8) is 0 Å². The van der Waals surface area contributed by atoms with Gasteiger partial charge in [0.15, 0.2) is 11.6 Å². The standard InChI is InChI=1S/C7H5F4NOS/c8-3-1-2-4(14)5(12)6(3)13-7(9,10)11/h1-2,14H,12H2. The molecule has 2 N–H and O–H groups in total. The highest BCUT2D eigenvalue weighted by molar-refractivity contribution is 7.80. The molecule has 0 unspecified atom stereocenters.